The Bertz CT molecular complexity index is 1260. The third kappa shape index (κ3) is 26.9. The zero-order valence-electron chi connectivity index (χ0n) is 23.5. The summed E-state index contributed by atoms with van der Waals surface area (Å²) in [6, 6.07) is 20.2. The molecule has 2 aromatic rings. The quantitative estimate of drug-likeness (QED) is 0.411. The van der Waals surface area contributed by atoms with Crippen molar-refractivity contribution in [3.05, 3.63) is 71.8 Å². The Morgan fingerprint density at radius 1 is 0.857 bits per heavy atom. The number of hydrogen-bond acceptors (Lipinski definition) is 7. The van der Waals surface area contributed by atoms with E-state index in [1.807, 2.05) is 48.5 Å². The molecule has 1 aliphatic rings. The van der Waals surface area contributed by atoms with Gasteiger partial charge in [-0.2, -0.15) is 0 Å². The molecule has 0 aromatic heterocycles. The molecule has 16 heteroatoms. The first kappa shape index (κ1) is 47.0. The average molecular weight is 771 g/mol. The summed E-state index contributed by atoms with van der Waals surface area (Å²) in [6.07, 6.45) is 8.64. The molecule has 2 unspecified atom stereocenters. The minimum absolute atomic E-state index is 0. The van der Waals surface area contributed by atoms with Crippen LogP contribution >= 0.6 is 0 Å². The zero-order chi connectivity index (χ0) is 29.8. The van der Waals surface area contributed by atoms with Gasteiger partial charge in [0, 0.05) is 119 Å². The van der Waals surface area contributed by atoms with Crippen molar-refractivity contribution in [1.29, 1.82) is 0 Å². The van der Waals surface area contributed by atoms with Gasteiger partial charge in [-0.1, -0.05) is 86.8 Å². The molecule has 2 N–H and O–H groups in total. The number of unbranched alkanes of at least 4 members (excludes halogenated alkanes) is 1. The largest absolute Gasteiger partial charge is 1.00 e. The van der Waals surface area contributed by atoms with Crippen molar-refractivity contribution in [1.82, 2.24) is 0 Å². The van der Waals surface area contributed by atoms with E-state index in [0.717, 1.165) is 50.5 Å². The van der Waals surface area contributed by atoms with Crippen LogP contribution in [0.15, 0.2) is 60.7 Å². The first-order chi connectivity index (χ1) is 19.4. The van der Waals surface area contributed by atoms with E-state index in [4.69, 9.17) is 5.11 Å². The van der Waals surface area contributed by atoms with Crippen LogP contribution in [0.25, 0.3) is 0 Å². The molecule has 0 aliphatic heterocycles. The molecule has 0 amide bonds. The van der Waals surface area contributed by atoms with E-state index in [2.05, 4.69) is 63.8 Å². The first-order valence-electron chi connectivity index (χ1n) is 12.4. The Morgan fingerprint density at radius 2 is 1.36 bits per heavy atom. The molecule has 3 rings (SSSR count). The standard InChI is InChI=1S/C13H18O2.C13H16O.Li.H2O.S6.S5/c1-2-3-9-12(13(14)15)10-11-7-5-4-6-8-11;14-13-9-5-4-8-12(13)10-11-6-2-1-3-7-11;;;1-3-5-6-4-2;1-3-5-4-2/h4-8,12H,2-3,9-10H2,1H3,(H,14,15);1-3,6-7,12H,4-5,8-10H2;;1H2;;/q;;+1;;;/p-1. The molecule has 4 nitrogen and oxygen atoms in total. The molecule has 1 fully saturated rings. The van der Waals surface area contributed by atoms with Crippen LogP contribution in [0, 0.1) is 11.8 Å². The van der Waals surface area contributed by atoms with Gasteiger partial charge in [-0.05, 0) is 43.2 Å². The van der Waals surface area contributed by atoms with E-state index >= 15 is 0 Å². The summed E-state index contributed by atoms with van der Waals surface area (Å²) in [5.74, 6) is -0.133. The molecule has 0 saturated heterocycles. The van der Waals surface area contributed by atoms with E-state index in [1.165, 1.54) is 74.1 Å². The van der Waals surface area contributed by atoms with Crippen molar-refractivity contribution in [3.63, 3.8) is 0 Å². The average Bonchev–Trinajstić information content (AvgIpc) is 2.98. The van der Waals surface area contributed by atoms with Crippen LogP contribution in [0.3, 0.4) is 0 Å². The molecular formula is C26H35LiO4S11. The Kier molecular flexibility index (Phi) is 38.5. The molecule has 0 radical (unpaired) electrons. The summed E-state index contributed by atoms with van der Waals surface area (Å²) in [7, 11) is 9.58. The number of carboxylic acid groups (broad SMARTS) is 1. The fourth-order valence-corrected chi connectivity index (χ4v) is 12.1. The maximum Gasteiger partial charge on any atom is 1.00 e. The maximum atomic E-state index is 11.6. The first-order valence-corrected chi connectivity index (χ1v) is 24.4. The molecule has 42 heavy (non-hydrogen) atoms. The summed E-state index contributed by atoms with van der Waals surface area (Å²) in [5.41, 5.74) is 2.41. The third-order valence-corrected chi connectivity index (χ3v) is 16.8. The topological polar surface area (TPSA) is 84.4 Å². The number of aliphatic carboxylic acids is 1. The third-order valence-electron chi connectivity index (χ3n) is 5.73. The number of benzene rings is 2. The molecule has 0 spiro atoms. The SMILES string of the molecule is CCCCC(Cc1ccccc1)C(=O)O.O=C1CCCCC1Cc1ccccc1.S=S=S=S=S.S=S=S=S=S=S.[Li+].[OH-]. The normalized spacial score (nSPS) is 13.4. The fraction of sp³-hybridized carbons (Fsp3) is 0.462. The van der Waals surface area contributed by atoms with Crippen molar-refractivity contribution >= 4 is 119 Å². The molecule has 230 valence electrons. The van der Waals surface area contributed by atoms with E-state index in [1.54, 1.807) is 0 Å². The number of Topliss-reactive ketones (excluding diaryl/α,β-unsaturated/α-hetero) is 1. The predicted octanol–water partition coefficient (Wildman–Crippen LogP) is 2.91. The van der Waals surface area contributed by atoms with Gasteiger partial charge in [-0.15, -0.1) is 0 Å². The van der Waals surface area contributed by atoms with E-state index < -0.39 is 5.97 Å². The molecule has 0 bridgehead atoms. The van der Waals surface area contributed by atoms with Crippen LogP contribution in [0.4, 0.5) is 0 Å². The predicted molar refractivity (Wildman–Crippen MR) is 201 cm³/mol. The molecule has 1 aliphatic carbocycles. The van der Waals surface area contributed by atoms with Crippen molar-refractivity contribution in [3.8, 4) is 0 Å². The minimum Gasteiger partial charge on any atom is -0.870 e. The minimum atomic E-state index is -0.674. The Hall–Kier alpha value is 0.557. The van der Waals surface area contributed by atoms with Gasteiger partial charge in [0.1, 0.15) is 5.78 Å². The molecular weight excluding hydrogens is 736 g/mol. The Morgan fingerprint density at radius 3 is 1.76 bits per heavy atom. The van der Waals surface area contributed by atoms with Crippen LogP contribution in [0.1, 0.15) is 63.0 Å². The van der Waals surface area contributed by atoms with Crippen LogP contribution in [0.2, 0.25) is 0 Å². The second-order valence-corrected chi connectivity index (χ2v) is 20.8. The van der Waals surface area contributed by atoms with Crippen LogP contribution < -0.4 is 18.9 Å². The van der Waals surface area contributed by atoms with Crippen molar-refractivity contribution in [2.75, 3.05) is 0 Å². The van der Waals surface area contributed by atoms with Gasteiger partial charge in [-0.25, -0.2) is 0 Å². The summed E-state index contributed by atoms with van der Waals surface area (Å²) in [5, 5.41) is 9.06. The number of carboxylic acids is 1. The van der Waals surface area contributed by atoms with Crippen LogP contribution in [-0.2, 0) is 129 Å². The van der Waals surface area contributed by atoms with Crippen LogP contribution in [-0.4, -0.2) is 22.3 Å². The monoisotopic (exact) mass is 770 g/mol. The summed E-state index contributed by atoms with van der Waals surface area (Å²) >= 11 is 17.9. The van der Waals surface area contributed by atoms with Gasteiger partial charge < -0.3 is 10.6 Å². The Balaban J connectivity index is -0.000000522. The second-order valence-electron chi connectivity index (χ2n) is 8.44. The Labute approximate surface area is 302 Å². The number of carbonyl (C=O) groups excluding carboxylic acids is 1. The summed E-state index contributed by atoms with van der Waals surface area (Å²) < 4.78 is 0. The van der Waals surface area contributed by atoms with E-state index in [9.17, 15) is 9.59 Å². The van der Waals surface area contributed by atoms with Crippen molar-refractivity contribution in [2.45, 2.75) is 64.7 Å². The van der Waals surface area contributed by atoms with Gasteiger partial charge in [0.05, 0.1) is 5.92 Å². The van der Waals surface area contributed by atoms with Crippen LogP contribution in [0.5, 0.6) is 0 Å². The van der Waals surface area contributed by atoms with Crippen molar-refractivity contribution in [2.24, 2.45) is 11.8 Å². The van der Waals surface area contributed by atoms with Gasteiger partial charge in [-0.3, -0.25) is 9.59 Å². The van der Waals surface area contributed by atoms with Gasteiger partial charge in [0.2, 0.25) is 0 Å². The number of rotatable bonds is 8. The molecule has 2 atom stereocenters. The van der Waals surface area contributed by atoms with Gasteiger partial charge in [0.25, 0.3) is 0 Å². The number of ketones is 1. The molecule has 1 saturated carbocycles. The second kappa shape index (κ2) is 34.4. The maximum absolute atomic E-state index is 11.6. The number of hydrogen-bond donors (Lipinski definition) is 1. The van der Waals surface area contributed by atoms with Gasteiger partial charge in [0.15, 0.2) is 0 Å². The summed E-state index contributed by atoms with van der Waals surface area (Å²) in [6.45, 7) is 2.08. The van der Waals surface area contributed by atoms with E-state index in [0.29, 0.717) is 18.1 Å². The smallest absolute Gasteiger partial charge is 0.870 e. The summed E-state index contributed by atoms with van der Waals surface area (Å²) in [4.78, 5) is 22.6. The molecule has 0 heterocycles. The fourth-order valence-electron chi connectivity index (χ4n) is 3.87. The van der Waals surface area contributed by atoms with Gasteiger partial charge >= 0.3 is 24.8 Å². The van der Waals surface area contributed by atoms with E-state index in [-0.39, 0.29) is 30.3 Å². The number of carbonyl (C=O) groups is 2. The zero-order valence-corrected chi connectivity index (χ0v) is 32.5. The molecule has 2 aromatic carbocycles. The van der Waals surface area contributed by atoms with Crippen molar-refractivity contribution < 1.29 is 39.0 Å².